The van der Waals surface area contributed by atoms with E-state index in [2.05, 4.69) is 5.32 Å². The standard InChI is InChI=1S/C13H19NO4/c1-3-18-13(15)10-17-8-7-14-11-5-4-6-12(9-11)16-2/h4-6,9,14H,3,7-8,10H2,1-2H3. The molecule has 0 radical (unpaired) electrons. The number of methoxy groups -OCH3 is 1. The molecule has 5 heteroatoms. The predicted molar refractivity (Wildman–Crippen MR) is 68.9 cm³/mol. The van der Waals surface area contributed by atoms with Crippen molar-refractivity contribution in [2.75, 3.05) is 38.8 Å². The van der Waals surface area contributed by atoms with Gasteiger partial charge in [0, 0.05) is 18.3 Å². The van der Waals surface area contributed by atoms with Crippen LogP contribution in [0.3, 0.4) is 0 Å². The molecule has 0 saturated carbocycles. The van der Waals surface area contributed by atoms with Crippen molar-refractivity contribution in [2.45, 2.75) is 6.92 Å². The smallest absolute Gasteiger partial charge is 0.332 e. The highest BCUT2D eigenvalue weighted by Crippen LogP contribution is 2.16. The van der Waals surface area contributed by atoms with Gasteiger partial charge in [-0.1, -0.05) is 6.07 Å². The molecule has 0 atom stereocenters. The molecule has 1 N–H and O–H groups in total. The molecule has 0 unspecified atom stereocenters. The molecule has 5 nitrogen and oxygen atoms in total. The largest absolute Gasteiger partial charge is 0.497 e. The van der Waals surface area contributed by atoms with Crippen molar-refractivity contribution in [3.8, 4) is 5.75 Å². The summed E-state index contributed by atoms with van der Waals surface area (Å²) in [7, 11) is 1.63. The summed E-state index contributed by atoms with van der Waals surface area (Å²) in [5, 5.41) is 3.17. The van der Waals surface area contributed by atoms with Gasteiger partial charge < -0.3 is 19.5 Å². The highest BCUT2D eigenvalue weighted by Gasteiger charge is 2.00. The molecule has 0 amide bonds. The molecular formula is C13H19NO4. The molecule has 0 aliphatic rings. The van der Waals surface area contributed by atoms with Crippen molar-refractivity contribution in [3.05, 3.63) is 24.3 Å². The SMILES string of the molecule is CCOC(=O)COCCNc1cccc(OC)c1. The fraction of sp³-hybridized carbons (Fsp3) is 0.462. The van der Waals surface area contributed by atoms with E-state index in [9.17, 15) is 4.79 Å². The van der Waals surface area contributed by atoms with E-state index in [1.165, 1.54) is 0 Å². The molecule has 18 heavy (non-hydrogen) atoms. The van der Waals surface area contributed by atoms with E-state index in [0.717, 1.165) is 11.4 Å². The summed E-state index contributed by atoms with van der Waals surface area (Å²) in [6.07, 6.45) is 0. The van der Waals surface area contributed by atoms with Gasteiger partial charge in [0.1, 0.15) is 12.4 Å². The zero-order chi connectivity index (χ0) is 13.2. The van der Waals surface area contributed by atoms with Crippen molar-refractivity contribution in [1.82, 2.24) is 0 Å². The van der Waals surface area contributed by atoms with Crippen LogP contribution in [0.15, 0.2) is 24.3 Å². The Kier molecular flexibility index (Phi) is 6.64. The first-order valence-electron chi connectivity index (χ1n) is 5.87. The second-order valence-electron chi connectivity index (χ2n) is 3.52. The first-order valence-corrected chi connectivity index (χ1v) is 5.87. The number of hydrogen-bond donors (Lipinski definition) is 1. The molecule has 0 fully saturated rings. The fourth-order valence-corrected chi connectivity index (χ4v) is 1.36. The fourth-order valence-electron chi connectivity index (χ4n) is 1.36. The van der Waals surface area contributed by atoms with E-state index in [1.54, 1.807) is 14.0 Å². The number of esters is 1. The molecule has 0 aliphatic carbocycles. The van der Waals surface area contributed by atoms with Gasteiger partial charge in [0.25, 0.3) is 0 Å². The number of carbonyl (C=O) groups is 1. The lowest BCUT2D eigenvalue weighted by Gasteiger charge is -2.08. The molecule has 1 aromatic rings. The van der Waals surface area contributed by atoms with E-state index in [1.807, 2.05) is 24.3 Å². The Morgan fingerprint density at radius 2 is 2.22 bits per heavy atom. The summed E-state index contributed by atoms with van der Waals surface area (Å²) in [6.45, 7) is 3.20. The summed E-state index contributed by atoms with van der Waals surface area (Å²) in [5.41, 5.74) is 0.953. The van der Waals surface area contributed by atoms with Crippen LogP contribution in [0.5, 0.6) is 5.75 Å². The minimum atomic E-state index is -0.334. The molecule has 1 aromatic carbocycles. The van der Waals surface area contributed by atoms with Crippen molar-refractivity contribution < 1.29 is 19.0 Å². The molecule has 0 aliphatic heterocycles. The van der Waals surface area contributed by atoms with Gasteiger partial charge in [0.2, 0.25) is 0 Å². The zero-order valence-corrected chi connectivity index (χ0v) is 10.8. The van der Waals surface area contributed by atoms with E-state index in [4.69, 9.17) is 14.2 Å². The second kappa shape index (κ2) is 8.36. The molecule has 0 aromatic heterocycles. The van der Waals surface area contributed by atoms with Gasteiger partial charge in [-0.3, -0.25) is 0 Å². The number of ether oxygens (including phenoxy) is 3. The van der Waals surface area contributed by atoms with E-state index in [0.29, 0.717) is 19.8 Å². The number of hydrogen-bond acceptors (Lipinski definition) is 5. The number of carbonyl (C=O) groups excluding carboxylic acids is 1. The lowest BCUT2D eigenvalue weighted by molar-refractivity contribution is -0.148. The third-order valence-corrected chi connectivity index (χ3v) is 2.17. The van der Waals surface area contributed by atoms with Gasteiger partial charge in [-0.05, 0) is 19.1 Å². The first-order chi connectivity index (χ1) is 8.76. The van der Waals surface area contributed by atoms with Gasteiger partial charge in [-0.2, -0.15) is 0 Å². The van der Waals surface area contributed by atoms with Gasteiger partial charge in [0.15, 0.2) is 0 Å². The zero-order valence-electron chi connectivity index (χ0n) is 10.8. The van der Waals surface area contributed by atoms with Gasteiger partial charge >= 0.3 is 5.97 Å². The summed E-state index contributed by atoms with van der Waals surface area (Å²) < 4.78 is 15.0. The summed E-state index contributed by atoms with van der Waals surface area (Å²) >= 11 is 0. The Labute approximate surface area is 107 Å². The average molecular weight is 253 g/mol. The van der Waals surface area contributed by atoms with Crippen LogP contribution in [0, 0.1) is 0 Å². The third kappa shape index (κ3) is 5.54. The summed E-state index contributed by atoms with van der Waals surface area (Å²) in [4.78, 5) is 11.0. The van der Waals surface area contributed by atoms with Crippen molar-refractivity contribution in [1.29, 1.82) is 0 Å². The van der Waals surface area contributed by atoms with Crippen molar-refractivity contribution in [2.24, 2.45) is 0 Å². The van der Waals surface area contributed by atoms with E-state index >= 15 is 0 Å². The maximum atomic E-state index is 11.0. The van der Waals surface area contributed by atoms with Crippen LogP contribution in [0.2, 0.25) is 0 Å². The Bertz CT molecular complexity index is 368. The van der Waals surface area contributed by atoms with Crippen LogP contribution in [0.1, 0.15) is 6.92 Å². The Morgan fingerprint density at radius 1 is 1.39 bits per heavy atom. The molecule has 0 heterocycles. The third-order valence-electron chi connectivity index (χ3n) is 2.17. The van der Waals surface area contributed by atoms with Crippen LogP contribution < -0.4 is 10.1 Å². The van der Waals surface area contributed by atoms with E-state index < -0.39 is 0 Å². The maximum Gasteiger partial charge on any atom is 0.332 e. The normalized spacial score (nSPS) is 9.89. The lowest BCUT2D eigenvalue weighted by Crippen LogP contribution is -2.16. The van der Waals surface area contributed by atoms with Crippen LogP contribution in [0.4, 0.5) is 5.69 Å². The Morgan fingerprint density at radius 3 is 2.94 bits per heavy atom. The quantitative estimate of drug-likeness (QED) is 0.564. The van der Waals surface area contributed by atoms with Crippen LogP contribution in [-0.4, -0.2) is 39.4 Å². The molecule has 1 rings (SSSR count). The first kappa shape index (κ1) is 14.3. The van der Waals surface area contributed by atoms with Crippen LogP contribution >= 0.6 is 0 Å². The monoisotopic (exact) mass is 253 g/mol. The molecule has 0 saturated heterocycles. The number of rotatable bonds is 8. The van der Waals surface area contributed by atoms with Crippen LogP contribution in [-0.2, 0) is 14.3 Å². The van der Waals surface area contributed by atoms with E-state index in [-0.39, 0.29) is 12.6 Å². The Balaban J connectivity index is 2.15. The summed E-state index contributed by atoms with van der Waals surface area (Å²) in [6, 6.07) is 7.61. The highest BCUT2D eigenvalue weighted by molar-refractivity contribution is 5.70. The molecule has 100 valence electrons. The highest BCUT2D eigenvalue weighted by atomic mass is 16.6. The van der Waals surface area contributed by atoms with Gasteiger partial charge in [-0.25, -0.2) is 4.79 Å². The topological polar surface area (TPSA) is 56.8 Å². The predicted octanol–water partition coefficient (Wildman–Crippen LogP) is 1.69. The molecule has 0 spiro atoms. The maximum absolute atomic E-state index is 11.0. The van der Waals surface area contributed by atoms with Crippen LogP contribution in [0.25, 0.3) is 0 Å². The Hall–Kier alpha value is -1.75. The van der Waals surface area contributed by atoms with Crippen molar-refractivity contribution >= 4 is 11.7 Å². The number of nitrogens with one attached hydrogen (secondary N) is 1. The molecule has 0 bridgehead atoms. The minimum Gasteiger partial charge on any atom is -0.497 e. The average Bonchev–Trinajstić information content (AvgIpc) is 2.39. The minimum absolute atomic E-state index is 0.00632. The summed E-state index contributed by atoms with van der Waals surface area (Å²) in [5.74, 6) is 0.464. The number of anilines is 1. The number of benzene rings is 1. The van der Waals surface area contributed by atoms with Gasteiger partial charge in [-0.15, -0.1) is 0 Å². The molecular weight excluding hydrogens is 234 g/mol. The van der Waals surface area contributed by atoms with Gasteiger partial charge in [0.05, 0.1) is 20.3 Å². The lowest BCUT2D eigenvalue weighted by atomic mass is 10.3. The second-order valence-corrected chi connectivity index (χ2v) is 3.52. The van der Waals surface area contributed by atoms with Crippen molar-refractivity contribution in [3.63, 3.8) is 0 Å².